The molecule has 0 N–H and O–H groups in total. The van der Waals surface area contributed by atoms with E-state index in [1.807, 2.05) is 6.07 Å². The first-order valence-electron chi connectivity index (χ1n) is 4.38. The van der Waals surface area contributed by atoms with Crippen LogP contribution in [0.3, 0.4) is 0 Å². The van der Waals surface area contributed by atoms with Crippen LogP contribution in [0.2, 0.25) is 0 Å². The average molecular weight is 209 g/mol. The van der Waals surface area contributed by atoms with E-state index < -0.39 is 17.6 Å². The highest BCUT2D eigenvalue weighted by atomic mass is 19.1. The number of benzene rings is 1. The number of hydrogen-bond donors (Lipinski definition) is 0. The second-order valence-corrected chi connectivity index (χ2v) is 3.25. The summed E-state index contributed by atoms with van der Waals surface area (Å²) in [6.07, 6.45) is -0.0565. The monoisotopic (exact) mass is 209 g/mol. The topological polar surface area (TPSA) is 40.9 Å². The number of carbonyl (C=O) groups is 1. The summed E-state index contributed by atoms with van der Waals surface area (Å²) in [4.78, 5) is 10.8. The maximum Gasteiger partial charge on any atom is 0.131 e. The second-order valence-electron chi connectivity index (χ2n) is 3.25. The van der Waals surface area contributed by atoms with Gasteiger partial charge in [-0.3, -0.25) is 4.79 Å². The van der Waals surface area contributed by atoms with Gasteiger partial charge in [0.2, 0.25) is 0 Å². The van der Waals surface area contributed by atoms with E-state index in [1.165, 1.54) is 13.0 Å². The van der Waals surface area contributed by atoms with Crippen LogP contribution in [0.5, 0.6) is 0 Å². The van der Waals surface area contributed by atoms with Crippen LogP contribution in [-0.4, -0.2) is 5.78 Å². The molecule has 78 valence electrons. The number of carbonyl (C=O) groups excluding carboxylic acids is 1. The van der Waals surface area contributed by atoms with Crippen LogP contribution in [0.1, 0.15) is 24.8 Å². The van der Waals surface area contributed by atoms with Crippen molar-refractivity contribution in [3.63, 3.8) is 0 Å². The van der Waals surface area contributed by atoms with Crippen molar-refractivity contribution in [1.82, 2.24) is 0 Å². The zero-order valence-corrected chi connectivity index (χ0v) is 8.13. The Morgan fingerprint density at radius 2 is 2.20 bits per heavy atom. The fourth-order valence-electron chi connectivity index (χ4n) is 1.30. The van der Waals surface area contributed by atoms with Crippen molar-refractivity contribution in [2.75, 3.05) is 0 Å². The second kappa shape index (κ2) is 4.65. The molecule has 2 nitrogen and oxygen atoms in total. The van der Waals surface area contributed by atoms with Gasteiger partial charge >= 0.3 is 0 Å². The molecule has 1 unspecified atom stereocenters. The Labute approximate surface area is 86.1 Å². The van der Waals surface area contributed by atoms with Crippen molar-refractivity contribution in [3.05, 3.63) is 35.4 Å². The SMILES string of the molecule is CC(=O)CC(C#N)c1ccc(F)cc1F. The van der Waals surface area contributed by atoms with Crippen LogP contribution in [-0.2, 0) is 4.79 Å². The third kappa shape index (κ3) is 2.84. The van der Waals surface area contributed by atoms with Gasteiger partial charge in [-0.1, -0.05) is 6.07 Å². The van der Waals surface area contributed by atoms with E-state index in [-0.39, 0.29) is 17.8 Å². The highest BCUT2D eigenvalue weighted by Crippen LogP contribution is 2.22. The minimum Gasteiger partial charge on any atom is -0.300 e. The largest absolute Gasteiger partial charge is 0.300 e. The predicted octanol–water partition coefficient (Wildman–Crippen LogP) is 2.55. The number of nitrogens with zero attached hydrogens (tertiary/aromatic N) is 1. The molecule has 0 saturated heterocycles. The summed E-state index contributed by atoms with van der Waals surface area (Å²) in [6, 6.07) is 4.80. The molecule has 4 heteroatoms. The Hall–Kier alpha value is -1.76. The molecule has 0 aliphatic heterocycles. The van der Waals surface area contributed by atoms with Gasteiger partial charge in [0.25, 0.3) is 0 Å². The van der Waals surface area contributed by atoms with Gasteiger partial charge < -0.3 is 0 Å². The molecule has 0 saturated carbocycles. The van der Waals surface area contributed by atoms with E-state index in [2.05, 4.69) is 0 Å². The number of ketones is 1. The van der Waals surface area contributed by atoms with Gasteiger partial charge in [0.05, 0.1) is 12.0 Å². The van der Waals surface area contributed by atoms with Crippen LogP contribution < -0.4 is 0 Å². The molecule has 0 radical (unpaired) electrons. The summed E-state index contributed by atoms with van der Waals surface area (Å²) in [7, 11) is 0. The van der Waals surface area contributed by atoms with Gasteiger partial charge in [0.15, 0.2) is 0 Å². The molecule has 0 aliphatic rings. The summed E-state index contributed by atoms with van der Waals surface area (Å²) < 4.78 is 25.8. The van der Waals surface area contributed by atoms with Crippen molar-refractivity contribution in [3.8, 4) is 6.07 Å². The van der Waals surface area contributed by atoms with E-state index >= 15 is 0 Å². The predicted molar refractivity (Wildman–Crippen MR) is 50.0 cm³/mol. The number of rotatable bonds is 3. The average Bonchev–Trinajstić information content (AvgIpc) is 2.14. The van der Waals surface area contributed by atoms with Crippen molar-refractivity contribution in [2.24, 2.45) is 0 Å². The van der Waals surface area contributed by atoms with Crippen molar-refractivity contribution in [1.29, 1.82) is 5.26 Å². The van der Waals surface area contributed by atoms with Gasteiger partial charge in [-0.2, -0.15) is 5.26 Å². The van der Waals surface area contributed by atoms with Crippen molar-refractivity contribution < 1.29 is 13.6 Å². The Balaban J connectivity index is 3.03. The number of halogens is 2. The van der Waals surface area contributed by atoms with E-state index in [0.29, 0.717) is 6.07 Å². The van der Waals surface area contributed by atoms with Crippen LogP contribution in [0.15, 0.2) is 18.2 Å². The molecule has 0 spiro atoms. The van der Waals surface area contributed by atoms with Crippen molar-refractivity contribution in [2.45, 2.75) is 19.3 Å². The molecule has 1 aromatic rings. The van der Waals surface area contributed by atoms with Crippen LogP contribution in [0, 0.1) is 23.0 Å². The van der Waals surface area contributed by atoms with E-state index in [0.717, 1.165) is 6.07 Å². The standard InChI is InChI=1S/C11H9F2NO/c1-7(15)4-8(6-14)10-3-2-9(12)5-11(10)13/h2-3,5,8H,4H2,1H3. The van der Waals surface area contributed by atoms with Crippen molar-refractivity contribution >= 4 is 5.78 Å². The highest BCUT2D eigenvalue weighted by molar-refractivity contribution is 5.77. The van der Waals surface area contributed by atoms with Crippen LogP contribution in [0.4, 0.5) is 8.78 Å². The quantitative estimate of drug-likeness (QED) is 0.767. The summed E-state index contributed by atoms with van der Waals surface area (Å²) in [5.74, 6) is -2.54. The summed E-state index contributed by atoms with van der Waals surface area (Å²) >= 11 is 0. The van der Waals surface area contributed by atoms with Gasteiger partial charge in [-0.05, 0) is 13.0 Å². The molecule has 0 amide bonds. The van der Waals surface area contributed by atoms with Gasteiger partial charge in [0.1, 0.15) is 17.4 Å². The molecule has 0 bridgehead atoms. The molecule has 0 heterocycles. The first-order valence-corrected chi connectivity index (χ1v) is 4.38. The van der Waals surface area contributed by atoms with E-state index in [4.69, 9.17) is 5.26 Å². The summed E-state index contributed by atoms with van der Waals surface area (Å²) in [5, 5.41) is 8.76. The van der Waals surface area contributed by atoms with Crippen LogP contribution >= 0.6 is 0 Å². The summed E-state index contributed by atoms with van der Waals surface area (Å²) in [5.41, 5.74) is 0.0640. The Kier molecular flexibility index (Phi) is 3.51. The zero-order chi connectivity index (χ0) is 11.4. The number of hydrogen-bond acceptors (Lipinski definition) is 2. The number of nitriles is 1. The van der Waals surface area contributed by atoms with Gasteiger partial charge in [0, 0.05) is 18.1 Å². The Morgan fingerprint density at radius 3 is 2.67 bits per heavy atom. The molecule has 15 heavy (non-hydrogen) atoms. The Morgan fingerprint density at radius 1 is 1.53 bits per heavy atom. The Bertz CT molecular complexity index is 423. The third-order valence-corrected chi connectivity index (χ3v) is 1.99. The van der Waals surface area contributed by atoms with Gasteiger partial charge in [-0.15, -0.1) is 0 Å². The first-order chi connectivity index (χ1) is 7.04. The molecule has 0 aliphatic carbocycles. The van der Waals surface area contributed by atoms with E-state index in [1.54, 1.807) is 0 Å². The molecule has 1 rings (SSSR count). The molecular formula is C11H9F2NO. The molecule has 0 aromatic heterocycles. The smallest absolute Gasteiger partial charge is 0.131 e. The fourth-order valence-corrected chi connectivity index (χ4v) is 1.30. The van der Waals surface area contributed by atoms with Gasteiger partial charge in [-0.25, -0.2) is 8.78 Å². The molecule has 1 atom stereocenters. The molecule has 0 fully saturated rings. The molecule has 1 aromatic carbocycles. The lowest BCUT2D eigenvalue weighted by Gasteiger charge is -2.08. The summed E-state index contributed by atoms with van der Waals surface area (Å²) in [6.45, 7) is 1.33. The normalized spacial score (nSPS) is 11.9. The zero-order valence-electron chi connectivity index (χ0n) is 8.13. The lowest BCUT2D eigenvalue weighted by atomic mass is 9.95. The molecular weight excluding hydrogens is 200 g/mol. The minimum absolute atomic E-state index is 0.0565. The fraction of sp³-hybridized carbons (Fsp3) is 0.273. The maximum atomic E-state index is 13.2. The lowest BCUT2D eigenvalue weighted by molar-refractivity contribution is -0.117. The van der Waals surface area contributed by atoms with Crippen LogP contribution in [0.25, 0.3) is 0 Å². The first kappa shape index (κ1) is 11.3. The highest BCUT2D eigenvalue weighted by Gasteiger charge is 2.17. The number of Topliss-reactive ketones (excluding diaryl/α,β-unsaturated/α-hetero) is 1. The minimum atomic E-state index is -0.844. The maximum absolute atomic E-state index is 13.2. The van der Waals surface area contributed by atoms with E-state index in [9.17, 15) is 13.6 Å². The lowest BCUT2D eigenvalue weighted by Crippen LogP contribution is -2.04. The third-order valence-electron chi connectivity index (χ3n) is 1.99.